The van der Waals surface area contributed by atoms with Crippen molar-refractivity contribution in [1.29, 1.82) is 0 Å². The van der Waals surface area contributed by atoms with E-state index in [1.54, 1.807) is 6.20 Å². The van der Waals surface area contributed by atoms with Crippen LogP contribution in [-0.4, -0.2) is 47.0 Å². The van der Waals surface area contributed by atoms with E-state index < -0.39 is 0 Å². The Bertz CT molecular complexity index is 998. The fourth-order valence-corrected chi connectivity index (χ4v) is 3.77. The van der Waals surface area contributed by atoms with Gasteiger partial charge in [-0.05, 0) is 35.4 Å². The molecule has 0 radical (unpaired) electrons. The molecule has 1 aromatic carbocycles. The standard InChI is InChI=1S/C24H25ClN4O2/c25-21-7-2-1-5-19(21)13-18-8-9-22(27-14-18)23-16-29(11-12-31-23)17-24(30)28-15-20-6-3-4-10-26-20/h1-10,14,23H,11-13,15-17H2,(H,28,30). The van der Waals surface area contributed by atoms with Gasteiger partial charge < -0.3 is 10.1 Å². The van der Waals surface area contributed by atoms with Gasteiger partial charge in [0.05, 0.1) is 31.1 Å². The molecule has 0 bridgehead atoms. The third-order valence-electron chi connectivity index (χ3n) is 5.24. The molecule has 1 saturated heterocycles. The number of pyridine rings is 2. The summed E-state index contributed by atoms with van der Waals surface area (Å²) in [4.78, 5) is 23.3. The summed E-state index contributed by atoms with van der Waals surface area (Å²) in [5.74, 6) is -0.0191. The molecule has 6 nitrogen and oxygen atoms in total. The van der Waals surface area contributed by atoms with Crippen LogP contribution in [-0.2, 0) is 22.5 Å². The molecule has 1 unspecified atom stereocenters. The summed E-state index contributed by atoms with van der Waals surface area (Å²) < 4.78 is 5.92. The van der Waals surface area contributed by atoms with Gasteiger partial charge in [0.2, 0.25) is 5.91 Å². The molecule has 1 amide bonds. The first-order chi connectivity index (χ1) is 15.2. The molecular formula is C24H25ClN4O2. The van der Waals surface area contributed by atoms with E-state index in [9.17, 15) is 4.79 Å². The Morgan fingerprint density at radius 2 is 2.00 bits per heavy atom. The number of benzene rings is 1. The molecule has 1 N–H and O–H groups in total. The number of hydrogen-bond donors (Lipinski definition) is 1. The van der Waals surface area contributed by atoms with Crippen molar-refractivity contribution in [2.75, 3.05) is 26.2 Å². The van der Waals surface area contributed by atoms with Crippen molar-refractivity contribution in [3.05, 3.63) is 94.5 Å². The van der Waals surface area contributed by atoms with Crippen LogP contribution in [0.15, 0.2) is 67.0 Å². The fourth-order valence-electron chi connectivity index (χ4n) is 3.57. The highest BCUT2D eigenvalue weighted by molar-refractivity contribution is 6.31. The number of hydrogen-bond acceptors (Lipinski definition) is 5. The number of carbonyl (C=O) groups excluding carboxylic acids is 1. The van der Waals surface area contributed by atoms with Crippen LogP contribution in [0.5, 0.6) is 0 Å². The Hall–Kier alpha value is -2.80. The molecule has 7 heteroatoms. The minimum atomic E-state index is -0.147. The molecule has 1 fully saturated rings. The zero-order chi connectivity index (χ0) is 21.5. The van der Waals surface area contributed by atoms with Gasteiger partial charge in [-0.25, -0.2) is 0 Å². The number of amides is 1. The maximum absolute atomic E-state index is 12.3. The SMILES string of the molecule is O=C(CN1CCOC(c2ccc(Cc3ccccc3Cl)cn2)C1)NCc1ccccn1. The Balaban J connectivity index is 1.29. The highest BCUT2D eigenvalue weighted by Gasteiger charge is 2.24. The van der Waals surface area contributed by atoms with Crippen LogP contribution < -0.4 is 5.32 Å². The second-order valence-electron chi connectivity index (χ2n) is 7.55. The number of rotatable bonds is 7. The lowest BCUT2D eigenvalue weighted by atomic mass is 10.1. The van der Waals surface area contributed by atoms with Gasteiger partial charge in [-0.3, -0.25) is 19.7 Å². The van der Waals surface area contributed by atoms with Gasteiger partial charge in [0.15, 0.2) is 0 Å². The van der Waals surface area contributed by atoms with Crippen molar-refractivity contribution in [2.45, 2.75) is 19.1 Å². The minimum Gasteiger partial charge on any atom is -0.369 e. The molecule has 1 aliphatic heterocycles. The van der Waals surface area contributed by atoms with Crippen LogP contribution in [0.1, 0.15) is 28.6 Å². The van der Waals surface area contributed by atoms with E-state index in [0.29, 0.717) is 26.2 Å². The van der Waals surface area contributed by atoms with Crippen molar-refractivity contribution in [3.63, 3.8) is 0 Å². The molecule has 3 aromatic rings. The normalized spacial score (nSPS) is 16.7. The second-order valence-corrected chi connectivity index (χ2v) is 7.96. The van der Waals surface area contributed by atoms with Crippen LogP contribution in [0.2, 0.25) is 5.02 Å². The zero-order valence-corrected chi connectivity index (χ0v) is 18.0. The van der Waals surface area contributed by atoms with Gasteiger partial charge in [0.1, 0.15) is 6.10 Å². The number of morpholine rings is 1. The molecule has 0 spiro atoms. The molecule has 0 aliphatic carbocycles. The van der Waals surface area contributed by atoms with Crippen LogP contribution in [0.25, 0.3) is 0 Å². The number of aromatic nitrogens is 2. The number of nitrogens with one attached hydrogen (secondary N) is 1. The lowest BCUT2D eigenvalue weighted by molar-refractivity contribution is -0.124. The van der Waals surface area contributed by atoms with Crippen LogP contribution in [0.4, 0.5) is 0 Å². The largest absolute Gasteiger partial charge is 0.369 e. The van der Waals surface area contributed by atoms with E-state index in [4.69, 9.17) is 16.3 Å². The highest BCUT2D eigenvalue weighted by Crippen LogP contribution is 2.22. The van der Waals surface area contributed by atoms with Gasteiger partial charge in [-0.2, -0.15) is 0 Å². The molecule has 1 aliphatic rings. The minimum absolute atomic E-state index is 0.0191. The Morgan fingerprint density at radius 1 is 1.13 bits per heavy atom. The predicted octanol–water partition coefficient (Wildman–Crippen LogP) is 3.41. The topological polar surface area (TPSA) is 67.4 Å². The quantitative estimate of drug-likeness (QED) is 0.614. The van der Waals surface area contributed by atoms with Crippen molar-refractivity contribution < 1.29 is 9.53 Å². The summed E-state index contributed by atoms with van der Waals surface area (Å²) in [5.41, 5.74) is 3.90. The Kier molecular flexibility index (Phi) is 7.25. The molecule has 1 atom stereocenters. The lowest BCUT2D eigenvalue weighted by Crippen LogP contribution is -2.44. The summed E-state index contributed by atoms with van der Waals surface area (Å²) in [5, 5.41) is 3.69. The molecule has 4 rings (SSSR count). The third-order valence-corrected chi connectivity index (χ3v) is 5.61. The lowest BCUT2D eigenvalue weighted by Gasteiger charge is -2.32. The Labute approximate surface area is 187 Å². The van der Waals surface area contributed by atoms with Crippen molar-refractivity contribution >= 4 is 17.5 Å². The molecule has 0 saturated carbocycles. The van der Waals surface area contributed by atoms with Crippen molar-refractivity contribution in [3.8, 4) is 0 Å². The summed E-state index contributed by atoms with van der Waals surface area (Å²) >= 11 is 6.26. The smallest absolute Gasteiger partial charge is 0.234 e. The van der Waals surface area contributed by atoms with Gasteiger partial charge in [0, 0.05) is 36.9 Å². The first-order valence-electron chi connectivity index (χ1n) is 10.4. The maximum Gasteiger partial charge on any atom is 0.234 e. The van der Waals surface area contributed by atoms with Crippen molar-refractivity contribution in [2.24, 2.45) is 0 Å². The fraction of sp³-hybridized carbons (Fsp3) is 0.292. The van der Waals surface area contributed by atoms with E-state index in [2.05, 4.69) is 26.3 Å². The van der Waals surface area contributed by atoms with E-state index in [-0.39, 0.29) is 12.0 Å². The molecule has 3 heterocycles. The van der Waals surface area contributed by atoms with Gasteiger partial charge in [-0.1, -0.05) is 41.9 Å². The molecule has 160 valence electrons. The summed E-state index contributed by atoms with van der Waals surface area (Å²) in [6.07, 6.45) is 4.19. The molecular weight excluding hydrogens is 412 g/mol. The summed E-state index contributed by atoms with van der Waals surface area (Å²) in [6, 6.07) is 17.6. The monoisotopic (exact) mass is 436 g/mol. The zero-order valence-electron chi connectivity index (χ0n) is 17.2. The van der Waals surface area contributed by atoms with Gasteiger partial charge in [-0.15, -0.1) is 0 Å². The van der Waals surface area contributed by atoms with Crippen LogP contribution in [0, 0.1) is 0 Å². The molecule has 2 aromatic heterocycles. The number of halogens is 1. The highest BCUT2D eigenvalue weighted by atomic mass is 35.5. The first kappa shape index (κ1) is 21.4. The second kappa shape index (κ2) is 10.5. The van der Waals surface area contributed by atoms with Crippen molar-refractivity contribution in [1.82, 2.24) is 20.2 Å². The van der Waals surface area contributed by atoms with E-state index in [1.165, 1.54) is 0 Å². The number of nitrogens with zero attached hydrogens (tertiary/aromatic N) is 3. The van der Waals surface area contributed by atoms with Gasteiger partial charge >= 0.3 is 0 Å². The Morgan fingerprint density at radius 3 is 2.77 bits per heavy atom. The van der Waals surface area contributed by atoms with E-state index >= 15 is 0 Å². The maximum atomic E-state index is 12.3. The van der Waals surface area contributed by atoms with E-state index in [0.717, 1.165) is 40.5 Å². The average molecular weight is 437 g/mol. The first-order valence-corrected chi connectivity index (χ1v) is 10.7. The molecule has 31 heavy (non-hydrogen) atoms. The predicted molar refractivity (Wildman–Crippen MR) is 120 cm³/mol. The van der Waals surface area contributed by atoms with Crippen LogP contribution >= 0.6 is 11.6 Å². The van der Waals surface area contributed by atoms with Crippen LogP contribution in [0.3, 0.4) is 0 Å². The third kappa shape index (κ3) is 6.10. The average Bonchev–Trinajstić information content (AvgIpc) is 2.81. The summed E-state index contributed by atoms with van der Waals surface area (Å²) in [7, 11) is 0. The van der Waals surface area contributed by atoms with Gasteiger partial charge in [0.25, 0.3) is 0 Å². The van der Waals surface area contributed by atoms with E-state index in [1.807, 2.05) is 54.7 Å². The number of carbonyl (C=O) groups is 1. The number of ether oxygens (including phenoxy) is 1. The summed E-state index contributed by atoms with van der Waals surface area (Å²) in [6.45, 7) is 2.69.